The molecule has 0 amide bonds. The summed E-state index contributed by atoms with van der Waals surface area (Å²) in [5.41, 5.74) is 1.16. The van der Waals surface area contributed by atoms with Crippen molar-refractivity contribution < 1.29 is 4.74 Å². The van der Waals surface area contributed by atoms with Crippen molar-refractivity contribution in [1.82, 2.24) is 25.4 Å². The molecule has 2 heterocycles. The fraction of sp³-hybridized carbons (Fsp3) is 0.500. The Kier molecular flexibility index (Phi) is 9.00. The number of halogens is 1. The fourth-order valence-electron chi connectivity index (χ4n) is 2.44. The van der Waals surface area contributed by atoms with E-state index >= 15 is 0 Å². The second-order valence-electron chi connectivity index (χ2n) is 6.87. The fourth-order valence-corrected chi connectivity index (χ4v) is 2.44. The maximum atomic E-state index is 5.57. The third-order valence-electron chi connectivity index (χ3n) is 3.94. The van der Waals surface area contributed by atoms with Gasteiger partial charge in [0.1, 0.15) is 0 Å². The standard InChI is InChI=1S/C18H28N6O.HI/c1-18(2,3)15(25-5)13-22-17(19-4)21-12-14-7-9-20-16(11-14)24-10-6-8-23-24;/h6-11,15H,12-13H2,1-5H3,(H2,19,21,22);1H. The number of aromatic nitrogens is 3. The Morgan fingerprint density at radius 3 is 2.65 bits per heavy atom. The van der Waals surface area contributed by atoms with Gasteiger partial charge in [-0.15, -0.1) is 24.0 Å². The molecule has 0 aliphatic rings. The van der Waals surface area contributed by atoms with Crippen LogP contribution in [0.15, 0.2) is 41.8 Å². The van der Waals surface area contributed by atoms with Gasteiger partial charge in [0.15, 0.2) is 11.8 Å². The quantitative estimate of drug-likeness (QED) is 0.384. The first-order chi connectivity index (χ1) is 11.9. The van der Waals surface area contributed by atoms with Crippen LogP contribution in [0.25, 0.3) is 5.82 Å². The van der Waals surface area contributed by atoms with Crippen molar-refractivity contribution in [3.8, 4) is 5.82 Å². The van der Waals surface area contributed by atoms with Gasteiger partial charge >= 0.3 is 0 Å². The van der Waals surface area contributed by atoms with Crippen molar-refractivity contribution >= 4 is 29.9 Å². The Morgan fingerprint density at radius 2 is 2.08 bits per heavy atom. The second-order valence-corrected chi connectivity index (χ2v) is 6.87. The molecule has 26 heavy (non-hydrogen) atoms. The molecule has 0 spiro atoms. The van der Waals surface area contributed by atoms with Crippen molar-refractivity contribution in [2.75, 3.05) is 20.7 Å². The van der Waals surface area contributed by atoms with Crippen LogP contribution in [0.2, 0.25) is 0 Å². The first-order valence-corrected chi connectivity index (χ1v) is 8.36. The van der Waals surface area contributed by atoms with Crippen molar-refractivity contribution in [3.05, 3.63) is 42.4 Å². The molecule has 2 aromatic rings. The summed E-state index contributed by atoms with van der Waals surface area (Å²) in [4.78, 5) is 8.61. The zero-order valence-electron chi connectivity index (χ0n) is 16.1. The Bertz CT molecular complexity index is 681. The van der Waals surface area contributed by atoms with Gasteiger partial charge in [-0.05, 0) is 29.2 Å². The van der Waals surface area contributed by atoms with Gasteiger partial charge in [-0.1, -0.05) is 20.8 Å². The van der Waals surface area contributed by atoms with Gasteiger partial charge in [0.2, 0.25) is 0 Å². The van der Waals surface area contributed by atoms with E-state index in [0.29, 0.717) is 13.1 Å². The molecular formula is C18H29IN6O. The van der Waals surface area contributed by atoms with Gasteiger partial charge < -0.3 is 15.4 Å². The molecule has 8 heteroatoms. The van der Waals surface area contributed by atoms with Crippen LogP contribution in [0.4, 0.5) is 0 Å². The number of aliphatic imine (C=N–C) groups is 1. The van der Waals surface area contributed by atoms with E-state index in [2.05, 4.69) is 46.5 Å². The lowest BCUT2D eigenvalue weighted by molar-refractivity contribution is 0.0205. The Morgan fingerprint density at radius 1 is 1.31 bits per heavy atom. The number of guanidine groups is 1. The Balaban J connectivity index is 0.00000338. The van der Waals surface area contributed by atoms with Gasteiger partial charge in [-0.25, -0.2) is 9.67 Å². The zero-order valence-corrected chi connectivity index (χ0v) is 18.4. The number of ether oxygens (including phenoxy) is 1. The van der Waals surface area contributed by atoms with Crippen LogP contribution in [-0.4, -0.2) is 47.5 Å². The number of nitrogens with one attached hydrogen (secondary N) is 2. The summed E-state index contributed by atoms with van der Waals surface area (Å²) < 4.78 is 7.31. The van der Waals surface area contributed by atoms with Gasteiger partial charge in [0.05, 0.1) is 6.10 Å². The van der Waals surface area contributed by atoms with E-state index in [1.54, 1.807) is 31.2 Å². The lowest BCUT2D eigenvalue weighted by Crippen LogP contribution is -2.45. The lowest BCUT2D eigenvalue weighted by atomic mass is 9.89. The average Bonchev–Trinajstić information content (AvgIpc) is 3.12. The van der Waals surface area contributed by atoms with E-state index in [4.69, 9.17) is 4.74 Å². The number of nitrogens with zero attached hydrogens (tertiary/aromatic N) is 4. The lowest BCUT2D eigenvalue weighted by Gasteiger charge is -2.30. The number of pyridine rings is 1. The van der Waals surface area contributed by atoms with E-state index in [0.717, 1.165) is 17.3 Å². The van der Waals surface area contributed by atoms with Gasteiger partial charge in [0.25, 0.3) is 0 Å². The Hall–Kier alpha value is -1.68. The highest BCUT2D eigenvalue weighted by Gasteiger charge is 2.24. The molecule has 2 aromatic heterocycles. The number of rotatable bonds is 6. The smallest absolute Gasteiger partial charge is 0.191 e. The molecule has 0 saturated heterocycles. The van der Waals surface area contributed by atoms with Crippen molar-refractivity contribution in [3.63, 3.8) is 0 Å². The summed E-state index contributed by atoms with van der Waals surface area (Å²) in [5, 5.41) is 10.8. The zero-order chi connectivity index (χ0) is 18.3. The molecule has 1 unspecified atom stereocenters. The van der Waals surface area contributed by atoms with Crippen molar-refractivity contribution in [2.45, 2.75) is 33.4 Å². The third kappa shape index (κ3) is 6.56. The van der Waals surface area contributed by atoms with Gasteiger partial charge in [0, 0.05) is 45.8 Å². The van der Waals surface area contributed by atoms with E-state index < -0.39 is 0 Å². The summed E-state index contributed by atoms with van der Waals surface area (Å²) in [6, 6.07) is 5.85. The molecule has 0 radical (unpaired) electrons. The summed E-state index contributed by atoms with van der Waals surface area (Å²) in [6.07, 6.45) is 5.49. The SMILES string of the molecule is CN=C(NCc1ccnc(-n2cccn2)c1)NCC(OC)C(C)(C)C.I. The van der Waals surface area contributed by atoms with Gasteiger partial charge in [-0.2, -0.15) is 5.10 Å². The highest BCUT2D eigenvalue weighted by molar-refractivity contribution is 14.0. The minimum absolute atomic E-state index is 0. The molecule has 144 valence electrons. The maximum absolute atomic E-state index is 5.57. The van der Waals surface area contributed by atoms with Crippen LogP contribution in [0.3, 0.4) is 0 Å². The molecule has 0 aliphatic heterocycles. The molecule has 2 N–H and O–H groups in total. The minimum atomic E-state index is 0. The highest BCUT2D eigenvalue weighted by Crippen LogP contribution is 2.20. The predicted octanol–water partition coefficient (Wildman–Crippen LogP) is 2.61. The first-order valence-electron chi connectivity index (χ1n) is 8.36. The molecular weight excluding hydrogens is 443 g/mol. The molecule has 0 saturated carbocycles. The van der Waals surface area contributed by atoms with E-state index in [-0.39, 0.29) is 35.5 Å². The summed E-state index contributed by atoms with van der Waals surface area (Å²) >= 11 is 0. The van der Waals surface area contributed by atoms with Crippen LogP contribution < -0.4 is 10.6 Å². The molecule has 7 nitrogen and oxygen atoms in total. The summed E-state index contributed by atoms with van der Waals surface area (Å²) in [6.45, 7) is 7.81. The third-order valence-corrected chi connectivity index (χ3v) is 3.94. The van der Waals surface area contributed by atoms with Gasteiger partial charge in [-0.3, -0.25) is 4.99 Å². The highest BCUT2D eigenvalue weighted by atomic mass is 127. The second kappa shape index (κ2) is 10.5. The number of hydrogen-bond acceptors (Lipinski definition) is 4. The van der Waals surface area contributed by atoms with Crippen LogP contribution in [0.5, 0.6) is 0 Å². The topological polar surface area (TPSA) is 76.4 Å². The summed E-state index contributed by atoms with van der Waals surface area (Å²) in [5.74, 6) is 1.53. The average molecular weight is 472 g/mol. The number of methoxy groups -OCH3 is 1. The molecule has 0 bridgehead atoms. The van der Waals surface area contributed by atoms with Crippen molar-refractivity contribution in [2.24, 2.45) is 10.4 Å². The van der Waals surface area contributed by atoms with E-state index in [1.165, 1.54) is 0 Å². The van der Waals surface area contributed by atoms with Crippen LogP contribution >= 0.6 is 24.0 Å². The van der Waals surface area contributed by atoms with Crippen LogP contribution in [-0.2, 0) is 11.3 Å². The summed E-state index contributed by atoms with van der Waals surface area (Å²) in [7, 11) is 3.50. The van der Waals surface area contributed by atoms with Crippen LogP contribution in [0, 0.1) is 5.41 Å². The van der Waals surface area contributed by atoms with E-state index in [1.807, 2.05) is 24.4 Å². The molecule has 2 rings (SSSR count). The Labute approximate surface area is 172 Å². The molecule has 0 fully saturated rings. The van der Waals surface area contributed by atoms with Crippen LogP contribution in [0.1, 0.15) is 26.3 Å². The van der Waals surface area contributed by atoms with Crippen molar-refractivity contribution in [1.29, 1.82) is 0 Å². The minimum Gasteiger partial charge on any atom is -0.379 e. The maximum Gasteiger partial charge on any atom is 0.191 e. The predicted molar refractivity (Wildman–Crippen MR) is 115 cm³/mol. The first kappa shape index (κ1) is 22.4. The molecule has 0 aliphatic carbocycles. The number of hydrogen-bond donors (Lipinski definition) is 2. The van der Waals surface area contributed by atoms with E-state index in [9.17, 15) is 0 Å². The largest absolute Gasteiger partial charge is 0.379 e. The normalized spacial score (nSPS) is 13.0. The molecule has 0 aromatic carbocycles. The monoisotopic (exact) mass is 472 g/mol. The molecule has 1 atom stereocenters.